The standard InChI is InChI=1S/C14H16N2O2/c1-11-5-4-8-16(14(11)17)9-10-18-13-7-3-2-6-12(13)15/h2-8H,9-10,15H2,1H3. The molecule has 4 heteroatoms. The van der Waals surface area contributed by atoms with Gasteiger partial charge >= 0.3 is 0 Å². The molecule has 1 aromatic heterocycles. The summed E-state index contributed by atoms with van der Waals surface area (Å²) in [6.45, 7) is 2.72. The normalized spacial score (nSPS) is 10.3. The largest absolute Gasteiger partial charge is 0.490 e. The Kier molecular flexibility index (Phi) is 3.67. The molecule has 0 aliphatic heterocycles. The first-order chi connectivity index (χ1) is 8.68. The number of aromatic nitrogens is 1. The van der Waals surface area contributed by atoms with Crippen molar-refractivity contribution in [1.82, 2.24) is 4.57 Å². The van der Waals surface area contributed by atoms with Crippen LogP contribution < -0.4 is 16.0 Å². The molecule has 94 valence electrons. The minimum Gasteiger partial charge on any atom is -0.490 e. The van der Waals surface area contributed by atoms with Crippen molar-refractivity contribution in [3.8, 4) is 5.75 Å². The van der Waals surface area contributed by atoms with Gasteiger partial charge in [-0.1, -0.05) is 18.2 Å². The Balaban J connectivity index is 1.99. The summed E-state index contributed by atoms with van der Waals surface area (Å²) in [6.07, 6.45) is 1.76. The van der Waals surface area contributed by atoms with E-state index in [-0.39, 0.29) is 5.56 Å². The molecule has 0 fully saturated rings. The Morgan fingerprint density at radius 2 is 2.00 bits per heavy atom. The molecule has 0 saturated carbocycles. The van der Waals surface area contributed by atoms with Crippen LogP contribution in [0.2, 0.25) is 0 Å². The minimum absolute atomic E-state index is 0.0159. The van der Waals surface area contributed by atoms with Crippen LogP contribution in [0.4, 0.5) is 5.69 Å². The number of aryl methyl sites for hydroxylation is 1. The van der Waals surface area contributed by atoms with E-state index in [9.17, 15) is 4.79 Å². The number of anilines is 1. The molecule has 0 radical (unpaired) electrons. The first-order valence-corrected chi connectivity index (χ1v) is 5.82. The maximum atomic E-state index is 11.8. The van der Waals surface area contributed by atoms with Crippen molar-refractivity contribution in [2.45, 2.75) is 13.5 Å². The van der Waals surface area contributed by atoms with E-state index in [1.807, 2.05) is 24.3 Å². The van der Waals surface area contributed by atoms with E-state index in [0.29, 0.717) is 24.6 Å². The first kappa shape index (κ1) is 12.2. The van der Waals surface area contributed by atoms with Crippen LogP contribution in [0.5, 0.6) is 5.75 Å². The van der Waals surface area contributed by atoms with E-state index in [1.54, 1.807) is 29.8 Å². The zero-order valence-electron chi connectivity index (χ0n) is 10.3. The lowest BCUT2D eigenvalue weighted by molar-refractivity contribution is 0.297. The number of nitrogen functional groups attached to an aromatic ring is 1. The van der Waals surface area contributed by atoms with Gasteiger partial charge in [0.15, 0.2) is 0 Å². The second-order valence-corrected chi connectivity index (χ2v) is 4.08. The Hall–Kier alpha value is -2.23. The molecule has 2 N–H and O–H groups in total. The van der Waals surface area contributed by atoms with Crippen LogP contribution in [-0.4, -0.2) is 11.2 Å². The average Bonchev–Trinajstić information content (AvgIpc) is 2.37. The van der Waals surface area contributed by atoms with E-state index >= 15 is 0 Å². The fraction of sp³-hybridized carbons (Fsp3) is 0.214. The van der Waals surface area contributed by atoms with Crippen LogP contribution in [0.25, 0.3) is 0 Å². The Morgan fingerprint density at radius 1 is 1.22 bits per heavy atom. The summed E-state index contributed by atoms with van der Waals surface area (Å²) in [5.74, 6) is 0.651. The second kappa shape index (κ2) is 5.40. The third-order valence-electron chi connectivity index (χ3n) is 2.72. The molecule has 2 aromatic rings. The van der Waals surface area contributed by atoms with E-state index in [2.05, 4.69) is 0 Å². The molecule has 0 saturated heterocycles. The van der Waals surface area contributed by atoms with Crippen LogP contribution in [-0.2, 0) is 6.54 Å². The predicted octanol–water partition coefficient (Wildman–Crippen LogP) is 1.82. The van der Waals surface area contributed by atoms with Crippen LogP contribution in [0, 0.1) is 6.92 Å². The monoisotopic (exact) mass is 244 g/mol. The summed E-state index contributed by atoms with van der Waals surface area (Å²) < 4.78 is 7.18. The SMILES string of the molecule is Cc1cccn(CCOc2ccccc2N)c1=O. The maximum Gasteiger partial charge on any atom is 0.253 e. The van der Waals surface area contributed by atoms with Gasteiger partial charge in [0.25, 0.3) is 5.56 Å². The molecular weight excluding hydrogens is 228 g/mol. The molecule has 0 bridgehead atoms. The summed E-state index contributed by atoms with van der Waals surface area (Å²) in [4.78, 5) is 11.8. The molecule has 2 rings (SSSR count). The van der Waals surface area contributed by atoms with Gasteiger partial charge in [-0.05, 0) is 25.1 Å². The molecular formula is C14H16N2O2. The van der Waals surface area contributed by atoms with Gasteiger partial charge in [-0.3, -0.25) is 4.79 Å². The number of nitrogens with two attached hydrogens (primary N) is 1. The zero-order valence-corrected chi connectivity index (χ0v) is 10.3. The molecule has 1 aromatic carbocycles. The van der Waals surface area contributed by atoms with E-state index in [4.69, 9.17) is 10.5 Å². The lowest BCUT2D eigenvalue weighted by Gasteiger charge is -2.10. The Morgan fingerprint density at radius 3 is 2.78 bits per heavy atom. The molecule has 4 nitrogen and oxygen atoms in total. The molecule has 0 amide bonds. The number of hydrogen-bond donors (Lipinski definition) is 1. The van der Waals surface area contributed by atoms with Gasteiger partial charge in [0.2, 0.25) is 0 Å². The topological polar surface area (TPSA) is 57.2 Å². The Labute approximate surface area is 106 Å². The van der Waals surface area contributed by atoms with Gasteiger partial charge in [0, 0.05) is 11.8 Å². The zero-order chi connectivity index (χ0) is 13.0. The quantitative estimate of drug-likeness (QED) is 0.835. The van der Waals surface area contributed by atoms with Crippen molar-refractivity contribution < 1.29 is 4.74 Å². The Bertz CT molecular complexity index is 590. The van der Waals surface area contributed by atoms with Crippen molar-refractivity contribution in [3.05, 3.63) is 58.5 Å². The molecule has 0 atom stereocenters. The maximum absolute atomic E-state index is 11.8. The number of benzene rings is 1. The molecule has 0 unspecified atom stereocenters. The van der Waals surface area contributed by atoms with Crippen molar-refractivity contribution in [3.63, 3.8) is 0 Å². The lowest BCUT2D eigenvalue weighted by atomic mass is 10.3. The highest BCUT2D eigenvalue weighted by molar-refractivity contribution is 5.51. The van der Waals surface area contributed by atoms with Gasteiger partial charge in [0.1, 0.15) is 12.4 Å². The number of para-hydroxylation sites is 2. The van der Waals surface area contributed by atoms with E-state index < -0.39 is 0 Å². The summed E-state index contributed by atoms with van der Waals surface area (Å²) in [7, 11) is 0. The van der Waals surface area contributed by atoms with E-state index in [1.165, 1.54) is 0 Å². The molecule has 0 aliphatic carbocycles. The number of ether oxygens (including phenoxy) is 1. The van der Waals surface area contributed by atoms with Gasteiger partial charge in [0.05, 0.1) is 12.2 Å². The third kappa shape index (κ3) is 2.71. The first-order valence-electron chi connectivity index (χ1n) is 5.82. The highest BCUT2D eigenvalue weighted by atomic mass is 16.5. The summed E-state index contributed by atoms with van der Waals surface area (Å²) in [6, 6.07) is 11.0. The lowest BCUT2D eigenvalue weighted by Crippen LogP contribution is -2.24. The summed E-state index contributed by atoms with van der Waals surface area (Å²) in [5, 5.41) is 0. The fourth-order valence-electron chi connectivity index (χ4n) is 1.70. The van der Waals surface area contributed by atoms with Crippen LogP contribution >= 0.6 is 0 Å². The highest BCUT2D eigenvalue weighted by Crippen LogP contribution is 2.19. The van der Waals surface area contributed by atoms with Crippen molar-refractivity contribution in [2.75, 3.05) is 12.3 Å². The number of rotatable bonds is 4. The molecule has 0 aliphatic rings. The van der Waals surface area contributed by atoms with Gasteiger partial charge in [-0.15, -0.1) is 0 Å². The van der Waals surface area contributed by atoms with Crippen LogP contribution in [0.1, 0.15) is 5.56 Å². The van der Waals surface area contributed by atoms with Crippen LogP contribution in [0.15, 0.2) is 47.4 Å². The summed E-state index contributed by atoms with van der Waals surface area (Å²) >= 11 is 0. The van der Waals surface area contributed by atoms with Crippen molar-refractivity contribution >= 4 is 5.69 Å². The summed E-state index contributed by atoms with van der Waals surface area (Å²) in [5.41, 5.74) is 7.12. The van der Waals surface area contributed by atoms with Crippen molar-refractivity contribution in [1.29, 1.82) is 0 Å². The molecule has 0 spiro atoms. The van der Waals surface area contributed by atoms with Crippen LogP contribution in [0.3, 0.4) is 0 Å². The molecule has 1 heterocycles. The minimum atomic E-state index is 0.0159. The van der Waals surface area contributed by atoms with Gasteiger partial charge in [-0.25, -0.2) is 0 Å². The average molecular weight is 244 g/mol. The predicted molar refractivity (Wildman–Crippen MR) is 71.8 cm³/mol. The third-order valence-corrected chi connectivity index (χ3v) is 2.72. The van der Waals surface area contributed by atoms with Gasteiger partial charge in [-0.2, -0.15) is 0 Å². The number of pyridine rings is 1. The molecule has 18 heavy (non-hydrogen) atoms. The highest BCUT2D eigenvalue weighted by Gasteiger charge is 2.01. The fourth-order valence-corrected chi connectivity index (χ4v) is 1.70. The van der Waals surface area contributed by atoms with E-state index in [0.717, 1.165) is 5.56 Å². The number of hydrogen-bond acceptors (Lipinski definition) is 3. The van der Waals surface area contributed by atoms with Gasteiger partial charge < -0.3 is 15.0 Å². The van der Waals surface area contributed by atoms with Crippen molar-refractivity contribution in [2.24, 2.45) is 0 Å². The second-order valence-electron chi connectivity index (χ2n) is 4.08. The number of nitrogens with zero attached hydrogens (tertiary/aromatic N) is 1. The smallest absolute Gasteiger partial charge is 0.253 e.